The van der Waals surface area contributed by atoms with E-state index in [1.54, 1.807) is 0 Å². The molecule has 1 rings (SSSR count). The Bertz CT molecular complexity index is 119. The van der Waals surface area contributed by atoms with Gasteiger partial charge in [0.1, 0.15) is 0 Å². The van der Waals surface area contributed by atoms with Crippen LogP contribution in [0, 0.1) is 0 Å². The first-order valence-corrected chi connectivity index (χ1v) is 5.36. The van der Waals surface area contributed by atoms with Crippen LogP contribution in [0.3, 0.4) is 0 Å². The van der Waals surface area contributed by atoms with Gasteiger partial charge in [-0.25, -0.2) is 0 Å². The van der Waals surface area contributed by atoms with Gasteiger partial charge in [0.25, 0.3) is 0 Å². The molecule has 12 heavy (non-hydrogen) atoms. The lowest BCUT2D eigenvalue weighted by Gasteiger charge is -2.14. The Balaban J connectivity index is 1.98. The van der Waals surface area contributed by atoms with Crippen molar-refractivity contribution in [1.29, 1.82) is 0 Å². The zero-order chi connectivity index (χ0) is 8.81. The van der Waals surface area contributed by atoms with Crippen LogP contribution >= 0.6 is 11.6 Å². The van der Waals surface area contributed by atoms with E-state index in [1.807, 2.05) is 0 Å². The third-order valence-corrected chi connectivity index (χ3v) is 2.79. The van der Waals surface area contributed by atoms with Crippen molar-refractivity contribution < 1.29 is 0 Å². The molecule has 0 aromatic rings. The molecule has 1 heterocycles. The molecule has 1 fully saturated rings. The van der Waals surface area contributed by atoms with Crippen molar-refractivity contribution >= 4 is 11.6 Å². The topological polar surface area (TPSA) is 24.1 Å². The minimum absolute atomic E-state index is 0.284. The van der Waals surface area contributed by atoms with E-state index < -0.39 is 0 Å². The number of hydrogen-bond donors (Lipinski definition) is 2. The Morgan fingerprint density at radius 3 is 2.83 bits per heavy atom. The van der Waals surface area contributed by atoms with E-state index in [2.05, 4.69) is 17.6 Å². The number of halogens is 1. The molecule has 2 atom stereocenters. The summed E-state index contributed by atoms with van der Waals surface area (Å²) in [4.78, 5) is 0. The molecule has 1 saturated heterocycles. The van der Waals surface area contributed by atoms with Crippen molar-refractivity contribution in [3.8, 4) is 0 Å². The van der Waals surface area contributed by atoms with Crippen molar-refractivity contribution in [3.63, 3.8) is 0 Å². The summed E-state index contributed by atoms with van der Waals surface area (Å²) < 4.78 is 0. The number of hydrogen-bond acceptors (Lipinski definition) is 2. The van der Waals surface area contributed by atoms with Gasteiger partial charge >= 0.3 is 0 Å². The summed E-state index contributed by atoms with van der Waals surface area (Å²) in [5.41, 5.74) is 0. The largest absolute Gasteiger partial charge is 0.314 e. The summed E-state index contributed by atoms with van der Waals surface area (Å²) in [6.45, 7) is 5.32. The maximum Gasteiger partial charge on any atom is 0.0625 e. The van der Waals surface area contributed by atoms with Gasteiger partial charge in [-0.1, -0.05) is 19.8 Å². The summed E-state index contributed by atoms with van der Waals surface area (Å²) in [7, 11) is 0. The molecular weight excluding hydrogens is 172 g/mol. The second kappa shape index (κ2) is 5.79. The number of unbranched alkanes of at least 4 members (excludes halogenated alkanes) is 2. The van der Waals surface area contributed by atoms with Gasteiger partial charge in [0.2, 0.25) is 0 Å². The van der Waals surface area contributed by atoms with Crippen LogP contribution in [0.5, 0.6) is 0 Å². The van der Waals surface area contributed by atoms with Crippen LogP contribution in [-0.2, 0) is 0 Å². The Kier molecular flexibility index (Phi) is 4.96. The van der Waals surface area contributed by atoms with E-state index >= 15 is 0 Å². The first-order valence-electron chi connectivity index (χ1n) is 4.92. The summed E-state index contributed by atoms with van der Waals surface area (Å²) in [6, 6.07) is 0.489. The fraction of sp³-hybridized carbons (Fsp3) is 1.00. The van der Waals surface area contributed by atoms with Crippen LogP contribution in [0.15, 0.2) is 0 Å². The monoisotopic (exact) mass is 190 g/mol. The summed E-state index contributed by atoms with van der Waals surface area (Å²) in [5, 5.41) is 7.02. The van der Waals surface area contributed by atoms with Crippen LogP contribution in [0.2, 0.25) is 0 Å². The van der Waals surface area contributed by atoms with E-state index in [9.17, 15) is 0 Å². The minimum Gasteiger partial charge on any atom is -0.314 e. The molecule has 1 aliphatic heterocycles. The SMILES string of the molecule is CCCCCNC1CNCC1Cl. The van der Waals surface area contributed by atoms with Crippen molar-refractivity contribution in [1.82, 2.24) is 10.6 Å². The molecule has 0 radical (unpaired) electrons. The van der Waals surface area contributed by atoms with Crippen molar-refractivity contribution in [3.05, 3.63) is 0 Å². The Hall–Kier alpha value is 0.210. The van der Waals surface area contributed by atoms with Gasteiger partial charge < -0.3 is 10.6 Å². The fourth-order valence-corrected chi connectivity index (χ4v) is 1.80. The molecule has 2 unspecified atom stereocenters. The predicted molar refractivity (Wildman–Crippen MR) is 53.8 cm³/mol. The van der Waals surface area contributed by atoms with Crippen LogP contribution < -0.4 is 10.6 Å². The molecule has 0 aliphatic carbocycles. The van der Waals surface area contributed by atoms with Crippen LogP contribution in [-0.4, -0.2) is 31.1 Å². The van der Waals surface area contributed by atoms with Crippen LogP contribution in [0.1, 0.15) is 26.2 Å². The van der Waals surface area contributed by atoms with Crippen molar-refractivity contribution in [2.75, 3.05) is 19.6 Å². The highest BCUT2D eigenvalue weighted by atomic mass is 35.5. The zero-order valence-electron chi connectivity index (χ0n) is 7.78. The summed E-state index contributed by atoms with van der Waals surface area (Å²) in [6.07, 6.45) is 3.88. The fourth-order valence-electron chi connectivity index (χ4n) is 1.51. The van der Waals surface area contributed by atoms with E-state index in [0.29, 0.717) is 6.04 Å². The number of nitrogens with one attached hydrogen (secondary N) is 2. The maximum absolute atomic E-state index is 6.07. The molecule has 2 nitrogen and oxygen atoms in total. The first kappa shape index (κ1) is 10.3. The van der Waals surface area contributed by atoms with E-state index in [0.717, 1.165) is 19.6 Å². The second-order valence-corrected chi connectivity index (χ2v) is 4.00. The molecule has 0 aromatic carbocycles. The van der Waals surface area contributed by atoms with E-state index in [1.165, 1.54) is 19.3 Å². The van der Waals surface area contributed by atoms with Crippen LogP contribution in [0.25, 0.3) is 0 Å². The molecule has 3 heteroatoms. The molecule has 0 spiro atoms. The second-order valence-electron chi connectivity index (χ2n) is 3.44. The van der Waals surface area contributed by atoms with Gasteiger partial charge in [-0.05, 0) is 13.0 Å². The molecule has 2 N–H and O–H groups in total. The van der Waals surface area contributed by atoms with E-state index in [4.69, 9.17) is 11.6 Å². The molecule has 72 valence electrons. The average molecular weight is 191 g/mol. The standard InChI is InChI=1S/C9H19ClN2/c1-2-3-4-5-12-9-7-11-6-8(9)10/h8-9,11-12H,2-7H2,1H3. The van der Waals surface area contributed by atoms with Crippen LogP contribution in [0.4, 0.5) is 0 Å². The zero-order valence-corrected chi connectivity index (χ0v) is 8.53. The van der Waals surface area contributed by atoms with Crippen molar-refractivity contribution in [2.45, 2.75) is 37.6 Å². The summed E-state index contributed by atoms with van der Waals surface area (Å²) >= 11 is 6.07. The van der Waals surface area contributed by atoms with E-state index in [-0.39, 0.29) is 5.38 Å². The smallest absolute Gasteiger partial charge is 0.0625 e. The lowest BCUT2D eigenvalue weighted by Crippen LogP contribution is -2.37. The van der Waals surface area contributed by atoms with Gasteiger partial charge in [0.15, 0.2) is 0 Å². The first-order chi connectivity index (χ1) is 5.84. The van der Waals surface area contributed by atoms with Gasteiger partial charge in [-0.2, -0.15) is 0 Å². The lowest BCUT2D eigenvalue weighted by atomic mass is 10.2. The van der Waals surface area contributed by atoms with Gasteiger partial charge in [0, 0.05) is 19.1 Å². The Morgan fingerprint density at radius 2 is 2.25 bits per heavy atom. The maximum atomic E-state index is 6.07. The summed E-state index contributed by atoms with van der Waals surface area (Å²) in [5.74, 6) is 0. The Labute approximate surface area is 80.1 Å². The van der Waals surface area contributed by atoms with Crippen molar-refractivity contribution in [2.24, 2.45) is 0 Å². The Morgan fingerprint density at radius 1 is 1.42 bits per heavy atom. The predicted octanol–water partition coefficient (Wildman–Crippen LogP) is 1.35. The molecule has 0 saturated carbocycles. The highest BCUT2D eigenvalue weighted by Crippen LogP contribution is 2.07. The molecule has 1 aliphatic rings. The molecule has 0 bridgehead atoms. The highest BCUT2D eigenvalue weighted by Gasteiger charge is 2.23. The van der Waals surface area contributed by atoms with Gasteiger partial charge in [-0.3, -0.25) is 0 Å². The molecule has 0 aromatic heterocycles. The molecule has 0 amide bonds. The quantitative estimate of drug-likeness (QED) is 0.505. The molecular formula is C9H19ClN2. The van der Waals surface area contributed by atoms with Gasteiger partial charge in [-0.15, -0.1) is 11.6 Å². The third-order valence-electron chi connectivity index (χ3n) is 2.33. The average Bonchev–Trinajstić information content (AvgIpc) is 2.46. The minimum atomic E-state index is 0.284. The lowest BCUT2D eigenvalue weighted by molar-refractivity contribution is 0.528. The van der Waals surface area contributed by atoms with Gasteiger partial charge in [0.05, 0.1) is 5.38 Å². The normalized spacial score (nSPS) is 29.5. The number of rotatable bonds is 5. The highest BCUT2D eigenvalue weighted by molar-refractivity contribution is 6.21. The third kappa shape index (κ3) is 3.30. The number of alkyl halides is 1.